The highest BCUT2D eigenvalue weighted by atomic mass is 32.2. The molecule has 0 spiro atoms. The maximum Gasteiger partial charge on any atom is 0.327 e. The number of hydrogen-bond donors (Lipinski definition) is 0. The zero-order valence-electron chi connectivity index (χ0n) is 13.7. The van der Waals surface area contributed by atoms with E-state index in [2.05, 4.69) is 15.0 Å². The third-order valence-corrected chi connectivity index (χ3v) is 5.68. The third-order valence-electron chi connectivity index (χ3n) is 3.83. The second-order valence-corrected chi connectivity index (χ2v) is 7.29. The molecule has 132 valence electrons. The molecule has 0 radical (unpaired) electrons. The van der Waals surface area contributed by atoms with Crippen LogP contribution < -0.4 is 13.8 Å². The van der Waals surface area contributed by atoms with E-state index in [1.165, 1.54) is 23.7 Å². The van der Waals surface area contributed by atoms with Crippen LogP contribution in [0.3, 0.4) is 0 Å². The minimum absolute atomic E-state index is 0.0292. The van der Waals surface area contributed by atoms with E-state index in [1.807, 2.05) is 0 Å². The average molecular weight is 370 g/mol. The molecule has 4 rings (SSSR count). The number of hydrogen-bond acceptors (Lipinski definition) is 7. The molecule has 0 fully saturated rings. The van der Waals surface area contributed by atoms with Gasteiger partial charge in [-0.3, -0.25) is 4.98 Å². The number of sulfonamides is 1. The SMILES string of the molecule is COc1cc(N2Cc3ccccc3S2(=O)=O)nc(Oc2cccnc2)n1. The molecule has 9 heteroatoms. The molecule has 0 saturated heterocycles. The molecule has 1 aromatic carbocycles. The molecule has 0 N–H and O–H groups in total. The number of nitrogens with zero attached hydrogens (tertiary/aromatic N) is 4. The summed E-state index contributed by atoms with van der Waals surface area (Å²) >= 11 is 0. The smallest absolute Gasteiger partial charge is 0.327 e. The second kappa shape index (κ2) is 6.26. The molecular weight excluding hydrogens is 356 g/mol. The van der Waals surface area contributed by atoms with Crippen molar-refractivity contribution in [3.8, 4) is 17.6 Å². The summed E-state index contributed by atoms with van der Waals surface area (Å²) in [6, 6.07) is 11.7. The number of ether oxygens (including phenoxy) is 2. The fourth-order valence-corrected chi connectivity index (χ4v) is 4.23. The van der Waals surface area contributed by atoms with Gasteiger partial charge in [-0.1, -0.05) is 18.2 Å². The number of rotatable bonds is 4. The van der Waals surface area contributed by atoms with Crippen LogP contribution in [-0.4, -0.2) is 30.5 Å². The molecule has 2 aromatic heterocycles. The molecule has 1 aliphatic rings. The van der Waals surface area contributed by atoms with E-state index < -0.39 is 10.0 Å². The van der Waals surface area contributed by atoms with Crippen LogP contribution in [0.15, 0.2) is 59.8 Å². The van der Waals surface area contributed by atoms with Crippen molar-refractivity contribution in [1.82, 2.24) is 15.0 Å². The highest BCUT2D eigenvalue weighted by molar-refractivity contribution is 7.93. The van der Waals surface area contributed by atoms with Crippen molar-refractivity contribution in [3.05, 3.63) is 60.4 Å². The van der Waals surface area contributed by atoms with E-state index in [4.69, 9.17) is 9.47 Å². The van der Waals surface area contributed by atoms with Gasteiger partial charge in [-0.2, -0.15) is 9.97 Å². The fourth-order valence-electron chi connectivity index (χ4n) is 2.63. The Bertz CT molecular complexity index is 1060. The largest absolute Gasteiger partial charge is 0.481 e. The number of fused-ring (bicyclic) bond motifs is 1. The predicted molar refractivity (Wildman–Crippen MR) is 92.7 cm³/mol. The van der Waals surface area contributed by atoms with Gasteiger partial charge in [0.2, 0.25) is 5.88 Å². The lowest BCUT2D eigenvalue weighted by Crippen LogP contribution is -2.25. The summed E-state index contributed by atoms with van der Waals surface area (Å²) in [4.78, 5) is 12.6. The lowest BCUT2D eigenvalue weighted by atomic mass is 10.2. The highest BCUT2D eigenvalue weighted by Gasteiger charge is 2.36. The van der Waals surface area contributed by atoms with Crippen LogP contribution in [0.2, 0.25) is 0 Å². The molecule has 0 amide bonds. The van der Waals surface area contributed by atoms with E-state index in [0.29, 0.717) is 11.3 Å². The predicted octanol–water partition coefficient (Wildman–Crippen LogP) is 2.38. The van der Waals surface area contributed by atoms with E-state index in [-0.39, 0.29) is 29.1 Å². The first kappa shape index (κ1) is 16.3. The van der Waals surface area contributed by atoms with Crippen LogP contribution in [0.4, 0.5) is 5.82 Å². The minimum atomic E-state index is -3.69. The molecule has 0 aliphatic carbocycles. The van der Waals surface area contributed by atoms with E-state index in [0.717, 1.165) is 0 Å². The second-order valence-electron chi connectivity index (χ2n) is 5.46. The Morgan fingerprint density at radius 3 is 2.69 bits per heavy atom. The normalized spacial score (nSPS) is 14.7. The van der Waals surface area contributed by atoms with Crippen molar-refractivity contribution in [2.24, 2.45) is 0 Å². The Labute approximate surface area is 150 Å². The zero-order chi connectivity index (χ0) is 18.1. The standard InChI is InChI=1S/C17H14N4O4S/c1-24-16-9-15(19-17(20-16)25-13-6-4-8-18-10-13)21-11-12-5-2-3-7-14(12)26(21,22)23/h2-10H,11H2,1H3. The molecule has 26 heavy (non-hydrogen) atoms. The molecule has 8 nitrogen and oxygen atoms in total. The summed E-state index contributed by atoms with van der Waals surface area (Å²) in [5.41, 5.74) is 0.708. The number of aromatic nitrogens is 3. The first-order valence-electron chi connectivity index (χ1n) is 7.69. The molecular formula is C17H14N4O4S. The van der Waals surface area contributed by atoms with Gasteiger partial charge in [0, 0.05) is 12.3 Å². The van der Waals surface area contributed by atoms with E-state index >= 15 is 0 Å². The summed E-state index contributed by atoms with van der Waals surface area (Å²) in [6.45, 7) is 0.186. The summed E-state index contributed by atoms with van der Waals surface area (Å²) < 4.78 is 37.6. The molecule has 0 saturated carbocycles. The van der Waals surface area contributed by atoms with Crippen molar-refractivity contribution in [2.45, 2.75) is 11.4 Å². The van der Waals surface area contributed by atoms with Gasteiger partial charge < -0.3 is 9.47 Å². The molecule has 0 bridgehead atoms. The Kier molecular flexibility index (Phi) is 3.92. The number of anilines is 1. The lowest BCUT2D eigenvalue weighted by Gasteiger charge is -2.17. The molecule has 1 aliphatic heterocycles. The van der Waals surface area contributed by atoms with Crippen LogP contribution in [0.1, 0.15) is 5.56 Å². The van der Waals surface area contributed by atoms with Gasteiger partial charge in [0.1, 0.15) is 5.75 Å². The minimum Gasteiger partial charge on any atom is -0.481 e. The highest BCUT2D eigenvalue weighted by Crippen LogP contribution is 2.35. The van der Waals surface area contributed by atoms with Gasteiger partial charge in [0.25, 0.3) is 10.0 Å². The van der Waals surface area contributed by atoms with Gasteiger partial charge in [-0.05, 0) is 23.8 Å². The molecule has 0 atom stereocenters. The Balaban J connectivity index is 1.74. The monoisotopic (exact) mass is 370 g/mol. The Morgan fingerprint density at radius 2 is 1.96 bits per heavy atom. The van der Waals surface area contributed by atoms with Gasteiger partial charge >= 0.3 is 6.01 Å². The van der Waals surface area contributed by atoms with E-state index in [1.54, 1.807) is 42.6 Å². The Morgan fingerprint density at radius 1 is 1.12 bits per heavy atom. The van der Waals surface area contributed by atoms with Gasteiger partial charge in [-0.15, -0.1) is 0 Å². The number of methoxy groups -OCH3 is 1. The Hall–Kier alpha value is -3.20. The topological polar surface area (TPSA) is 94.5 Å². The molecule has 3 heterocycles. The van der Waals surface area contributed by atoms with Crippen molar-refractivity contribution in [3.63, 3.8) is 0 Å². The molecule has 0 unspecified atom stereocenters. The van der Waals surface area contributed by atoms with Crippen LogP contribution in [0, 0.1) is 0 Å². The van der Waals surface area contributed by atoms with Crippen LogP contribution in [0.5, 0.6) is 17.6 Å². The van der Waals surface area contributed by atoms with Gasteiger partial charge in [0.05, 0.1) is 24.7 Å². The van der Waals surface area contributed by atoms with Crippen molar-refractivity contribution in [1.29, 1.82) is 0 Å². The summed E-state index contributed by atoms with van der Waals surface area (Å²) in [5.74, 6) is 0.797. The summed E-state index contributed by atoms with van der Waals surface area (Å²) in [7, 11) is -2.26. The fraction of sp³-hybridized carbons (Fsp3) is 0.118. The van der Waals surface area contributed by atoms with Gasteiger partial charge in [0.15, 0.2) is 5.82 Å². The first-order chi connectivity index (χ1) is 12.6. The van der Waals surface area contributed by atoms with Crippen LogP contribution in [0.25, 0.3) is 0 Å². The maximum atomic E-state index is 12.8. The van der Waals surface area contributed by atoms with Crippen LogP contribution in [-0.2, 0) is 16.6 Å². The lowest BCUT2D eigenvalue weighted by molar-refractivity contribution is 0.376. The van der Waals surface area contributed by atoms with Gasteiger partial charge in [-0.25, -0.2) is 12.7 Å². The van der Waals surface area contributed by atoms with Crippen LogP contribution >= 0.6 is 0 Å². The first-order valence-corrected chi connectivity index (χ1v) is 9.13. The average Bonchev–Trinajstić information content (AvgIpc) is 2.93. The maximum absolute atomic E-state index is 12.8. The van der Waals surface area contributed by atoms with E-state index in [9.17, 15) is 8.42 Å². The molecule has 3 aromatic rings. The van der Waals surface area contributed by atoms with Crippen molar-refractivity contribution >= 4 is 15.8 Å². The zero-order valence-corrected chi connectivity index (χ0v) is 14.5. The number of pyridine rings is 1. The summed E-state index contributed by atoms with van der Waals surface area (Å²) in [6.07, 6.45) is 3.11. The quantitative estimate of drug-likeness (QED) is 0.696. The van der Waals surface area contributed by atoms with Crippen molar-refractivity contribution < 1.29 is 17.9 Å². The summed E-state index contributed by atoms with van der Waals surface area (Å²) in [5, 5.41) is 0. The van der Waals surface area contributed by atoms with Crippen molar-refractivity contribution in [2.75, 3.05) is 11.4 Å². The number of benzene rings is 1. The third kappa shape index (κ3) is 2.82.